The molecule has 0 saturated heterocycles. The van der Waals surface area contributed by atoms with Gasteiger partial charge in [0.15, 0.2) is 0 Å². The Kier molecular flexibility index (Phi) is 6.75. The monoisotopic (exact) mass is 437 g/mol. The molecule has 3 rings (SSSR count). The van der Waals surface area contributed by atoms with Crippen molar-refractivity contribution in [3.63, 3.8) is 0 Å². The summed E-state index contributed by atoms with van der Waals surface area (Å²) in [6.45, 7) is 0.244. The fourth-order valence-electron chi connectivity index (χ4n) is 2.90. The summed E-state index contributed by atoms with van der Waals surface area (Å²) >= 11 is 0. The molecule has 0 aromatic heterocycles. The zero-order chi connectivity index (χ0) is 21.1. The minimum atomic E-state index is -3.75. The molecule has 158 valence electrons. The molecule has 1 aliphatic carbocycles. The van der Waals surface area contributed by atoms with Crippen LogP contribution in [0.5, 0.6) is 0 Å². The third kappa shape index (κ3) is 6.10. The SMILES string of the molecule is CN(C)C(CNS(=O)(=O)c1ccc(S(=O)(=O)NC2CC2)cc1)Cc1ccccc1. The third-order valence-electron chi connectivity index (χ3n) is 4.90. The zero-order valence-electron chi connectivity index (χ0n) is 16.6. The summed E-state index contributed by atoms with van der Waals surface area (Å²) in [5, 5.41) is 0. The van der Waals surface area contributed by atoms with Crippen LogP contribution in [0.1, 0.15) is 18.4 Å². The Morgan fingerprint density at radius 3 is 1.97 bits per heavy atom. The van der Waals surface area contributed by atoms with Crippen LogP contribution >= 0.6 is 0 Å². The number of nitrogens with zero attached hydrogens (tertiary/aromatic N) is 1. The molecule has 2 aromatic carbocycles. The van der Waals surface area contributed by atoms with Gasteiger partial charge in [-0.05, 0) is 63.2 Å². The molecule has 29 heavy (non-hydrogen) atoms. The van der Waals surface area contributed by atoms with E-state index in [-0.39, 0.29) is 28.4 Å². The average molecular weight is 438 g/mol. The van der Waals surface area contributed by atoms with E-state index in [1.54, 1.807) is 0 Å². The standard InChI is InChI=1S/C20H27N3O4S2/c1-23(2)18(14-16-6-4-3-5-7-16)15-21-28(24,25)19-10-12-20(13-11-19)29(26,27)22-17-8-9-17/h3-7,10-13,17-18,21-22H,8-9,14-15H2,1-2H3. The maximum atomic E-state index is 12.7. The van der Waals surface area contributed by atoms with Gasteiger partial charge in [-0.1, -0.05) is 30.3 Å². The summed E-state index contributed by atoms with van der Waals surface area (Å²) in [5.41, 5.74) is 1.13. The van der Waals surface area contributed by atoms with Crippen molar-refractivity contribution < 1.29 is 16.8 Å². The van der Waals surface area contributed by atoms with Gasteiger partial charge in [0.05, 0.1) is 9.79 Å². The van der Waals surface area contributed by atoms with Crippen molar-refractivity contribution in [2.45, 2.75) is 41.1 Å². The summed E-state index contributed by atoms with van der Waals surface area (Å²) in [7, 11) is -3.53. The molecule has 2 N–H and O–H groups in total. The van der Waals surface area contributed by atoms with Gasteiger partial charge in [0.2, 0.25) is 20.0 Å². The highest BCUT2D eigenvalue weighted by Crippen LogP contribution is 2.22. The van der Waals surface area contributed by atoms with Crippen LogP contribution in [-0.4, -0.2) is 54.5 Å². The van der Waals surface area contributed by atoms with Gasteiger partial charge in [-0.2, -0.15) is 0 Å². The van der Waals surface area contributed by atoms with Gasteiger partial charge in [0.1, 0.15) is 0 Å². The number of benzene rings is 2. The average Bonchev–Trinajstić information content (AvgIpc) is 3.49. The minimum Gasteiger partial charge on any atom is -0.305 e. The molecule has 0 radical (unpaired) electrons. The zero-order valence-corrected chi connectivity index (χ0v) is 18.2. The molecule has 1 saturated carbocycles. The molecular formula is C20H27N3O4S2. The van der Waals surface area contributed by atoms with Crippen molar-refractivity contribution >= 4 is 20.0 Å². The second-order valence-corrected chi connectivity index (χ2v) is 11.0. The highest BCUT2D eigenvalue weighted by Gasteiger charge is 2.28. The van der Waals surface area contributed by atoms with E-state index in [1.165, 1.54) is 24.3 Å². The Hall–Kier alpha value is -1.78. The molecule has 7 nitrogen and oxygen atoms in total. The number of nitrogens with one attached hydrogen (secondary N) is 2. The van der Waals surface area contributed by atoms with Gasteiger partial charge in [-0.15, -0.1) is 0 Å². The van der Waals surface area contributed by atoms with Gasteiger partial charge in [-0.3, -0.25) is 0 Å². The first-order chi connectivity index (χ1) is 13.7. The first-order valence-corrected chi connectivity index (χ1v) is 12.5. The Morgan fingerprint density at radius 2 is 1.45 bits per heavy atom. The third-order valence-corrected chi connectivity index (χ3v) is 7.87. The lowest BCUT2D eigenvalue weighted by molar-refractivity contribution is 0.291. The molecule has 0 aliphatic heterocycles. The summed E-state index contributed by atoms with van der Waals surface area (Å²) in [6, 6.07) is 15.2. The van der Waals surface area contributed by atoms with E-state index < -0.39 is 20.0 Å². The molecule has 2 aromatic rings. The van der Waals surface area contributed by atoms with E-state index in [2.05, 4.69) is 9.44 Å². The second-order valence-electron chi connectivity index (χ2n) is 7.53. The van der Waals surface area contributed by atoms with Crippen LogP contribution in [0.25, 0.3) is 0 Å². The molecule has 1 fully saturated rings. The molecule has 9 heteroatoms. The Morgan fingerprint density at radius 1 is 0.897 bits per heavy atom. The second kappa shape index (κ2) is 8.93. The van der Waals surface area contributed by atoms with E-state index in [0.717, 1.165) is 18.4 Å². The largest absolute Gasteiger partial charge is 0.305 e. The number of hydrogen-bond acceptors (Lipinski definition) is 5. The van der Waals surface area contributed by atoms with Crippen molar-refractivity contribution in [2.75, 3.05) is 20.6 Å². The lowest BCUT2D eigenvalue weighted by Crippen LogP contribution is -2.41. The molecule has 0 spiro atoms. The Balaban J connectivity index is 1.66. The number of sulfonamides is 2. The normalized spacial score (nSPS) is 16.1. The van der Waals surface area contributed by atoms with E-state index in [9.17, 15) is 16.8 Å². The number of rotatable bonds is 10. The summed E-state index contributed by atoms with van der Waals surface area (Å²) in [4.78, 5) is 2.09. The maximum absolute atomic E-state index is 12.7. The van der Waals surface area contributed by atoms with Gasteiger partial charge >= 0.3 is 0 Å². The molecule has 1 aliphatic rings. The topological polar surface area (TPSA) is 95.6 Å². The van der Waals surface area contributed by atoms with Crippen LogP contribution in [0.4, 0.5) is 0 Å². The lowest BCUT2D eigenvalue weighted by Gasteiger charge is -2.24. The smallest absolute Gasteiger partial charge is 0.240 e. The van der Waals surface area contributed by atoms with Crippen molar-refractivity contribution in [3.8, 4) is 0 Å². The van der Waals surface area contributed by atoms with Crippen LogP contribution in [0.2, 0.25) is 0 Å². The Labute approximate surface area is 173 Å². The van der Waals surface area contributed by atoms with Gasteiger partial charge in [0.25, 0.3) is 0 Å². The minimum absolute atomic E-state index is 0.00217. The van der Waals surface area contributed by atoms with Crippen LogP contribution in [0, 0.1) is 0 Å². The fourth-order valence-corrected chi connectivity index (χ4v) is 5.28. The first kappa shape index (κ1) is 21.9. The number of likely N-dealkylation sites (N-methyl/N-ethyl adjacent to an activating group) is 1. The van der Waals surface area contributed by atoms with E-state index in [1.807, 2.05) is 49.3 Å². The van der Waals surface area contributed by atoms with Crippen LogP contribution in [0.15, 0.2) is 64.4 Å². The predicted octanol–water partition coefficient (Wildman–Crippen LogP) is 1.58. The van der Waals surface area contributed by atoms with Crippen molar-refractivity contribution in [1.82, 2.24) is 14.3 Å². The van der Waals surface area contributed by atoms with E-state index in [0.29, 0.717) is 6.42 Å². The van der Waals surface area contributed by atoms with Gasteiger partial charge < -0.3 is 4.90 Å². The molecule has 1 unspecified atom stereocenters. The maximum Gasteiger partial charge on any atom is 0.240 e. The quantitative estimate of drug-likeness (QED) is 0.588. The highest BCUT2D eigenvalue weighted by atomic mass is 32.2. The van der Waals surface area contributed by atoms with Crippen molar-refractivity contribution in [3.05, 3.63) is 60.2 Å². The van der Waals surface area contributed by atoms with Crippen molar-refractivity contribution in [2.24, 2.45) is 0 Å². The summed E-state index contributed by atoms with van der Waals surface area (Å²) in [6.07, 6.45) is 2.39. The first-order valence-electron chi connectivity index (χ1n) is 9.50. The fraction of sp³-hybridized carbons (Fsp3) is 0.400. The Bertz CT molecular complexity index is 1020. The van der Waals surface area contributed by atoms with Gasteiger partial charge in [0, 0.05) is 18.6 Å². The van der Waals surface area contributed by atoms with Crippen LogP contribution < -0.4 is 9.44 Å². The van der Waals surface area contributed by atoms with E-state index >= 15 is 0 Å². The molecule has 0 heterocycles. The summed E-state index contributed by atoms with van der Waals surface area (Å²) < 4.78 is 55.0. The van der Waals surface area contributed by atoms with Crippen LogP contribution in [0.3, 0.4) is 0 Å². The van der Waals surface area contributed by atoms with Crippen molar-refractivity contribution in [1.29, 1.82) is 0 Å². The highest BCUT2D eigenvalue weighted by molar-refractivity contribution is 7.90. The molecule has 1 atom stereocenters. The van der Waals surface area contributed by atoms with E-state index in [4.69, 9.17) is 0 Å². The molecule has 0 bridgehead atoms. The molecular weight excluding hydrogens is 410 g/mol. The summed E-state index contributed by atoms with van der Waals surface area (Å²) in [5.74, 6) is 0. The van der Waals surface area contributed by atoms with Gasteiger partial charge in [-0.25, -0.2) is 26.3 Å². The molecule has 0 amide bonds. The lowest BCUT2D eigenvalue weighted by atomic mass is 10.1. The van der Waals surface area contributed by atoms with Crippen LogP contribution in [-0.2, 0) is 26.5 Å². The predicted molar refractivity (Wildman–Crippen MR) is 113 cm³/mol. The number of hydrogen-bond donors (Lipinski definition) is 2.